The molecule has 0 aliphatic carbocycles. The van der Waals surface area contributed by atoms with Crippen LogP contribution in [0.2, 0.25) is 0 Å². The fourth-order valence-electron chi connectivity index (χ4n) is 1.91. The van der Waals surface area contributed by atoms with Crippen LogP contribution in [0, 0.1) is 5.82 Å². The molecule has 1 aromatic rings. The Labute approximate surface area is 117 Å². The average molecular weight is 318 g/mol. The van der Waals surface area contributed by atoms with Crippen molar-refractivity contribution >= 4 is 15.9 Å². The van der Waals surface area contributed by atoms with Crippen LogP contribution < -0.4 is 5.32 Å². The van der Waals surface area contributed by atoms with Crippen LogP contribution in [-0.2, 0) is 11.2 Å². The summed E-state index contributed by atoms with van der Waals surface area (Å²) in [4.78, 5) is 0. The van der Waals surface area contributed by atoms with E-state index in [4.69, 9.17) is 4.74 Å². The van der Waals surface area contributed by atoms with Crippen LogP contribution >= 0.6 is 15.9 Å². The van der Waals surface area contributed by atoms with Crippen molar-refractivity contribution in [3.05, 3.63) is 34.1 Å². The van der Waals surface area contributed by atoms with Gasteiger partial charge in [-0.15, -0.1) is 0 Å². The highest BCUT2D eigenvalue weighted by molar-refractivity contribution is 9.10. The molecular weight excluding hydrogens is 297 g/mol. The Hall–Kier alpha value is -0.450. The predicted octanol–water partition coefficient (Wildman–Crippen LogP) is 3.53. The van der Waals surface area contributed by atoms with E-state index in [1.165, 1.54) is 6.07 Å². The molecule has 0 aromatic heterocycles. The van der Waals surface area contributed by atoms with Gasteiger partial charge in [0.05, 0.1) is 5.60 Å². The van der Waals surface area contributed by atoms with E-state index in [9.17, 15) is 4.39 Å². The van der Waals surface area contributed by atoms with E-state index >= 15 is 0 Å². The summed E-state index contributed by atoms with van der Waals surface area (Å²) in [6.45, 7) is 4.07. The monoisotopic (exact) mass is 317 g/mol. The fraction of sp³-hybridized carbons (Fsp3) is 0.571. The Kier molecular flexibility index (Phi) is 5.76. The molecule has 102 valence electrons. The summed E-state index contributed by atoms with van der Waals surface area (Å²) in [6.07, 6.45) is 1.48. The van der Waals surface area contributed by atoms with Gasteiger partial charge in [0.1, 0.15) is 5.82 Å². The third-order valence-electron chi connectivity index (χ3n) is 3.18. The molecule has 0 saturated heterocycles. The number of hydrogen-bond acceptors (Lipinski definition) is 2. The topological polar surface area (TPSA) is 21.3 Å². The van der Waals surface area contributed by atoms with Gasteiger partial charge in [0.25, 0.3) is 0 Å². The highest BCUT2D eigenvalue weighted by atomic mass is 79.9. The van der Waals surface area contributed by atoms with Crippen LogP contribution in [0.3, 0.4) is 0 Å². The maximum Gasteiger partial charge on any atom is 0.127 e. The standard InChI is InChI=1S/C14H21BrFNO/c1-14(2,18-4)9-12(17-3)7-10-5-6-11(15)8-13(10)16/h5-6,8,12,17H,7,9H2,1-4H3. The Morgan fingerprint density at radius 3 is 2.61 bits per heavy atom. The molecule has 0 aliphatic rings. The lowest BCUT2D eigenvalue weighted by Gasteiger charge is -2.28. The fourth-order valence-corrected chi connectivity index (χ4v) is 2.24. The molecule has 1 atom stereocenters. The lowest BCUT2D eigenvalue weighted by molar-refractivity contribution is 0.00766. The second-order valence-corrected chi connectivity index (χ2v) is 6.01. The Bertz CT molecular complexity index is 395. The summed E-state index contributed by atoms with van der Waals surface area (Å²) in [5, 5.41) is 3.22. The van der Waals surface area contributed by atoms with Crippen LogP contribution in [0.1, 0.15) is 25.8 Å². The summed E-state index contributed by atoms with van der Waals surface area (Å²) >= 11 is 3.26. The van der Waals surface area contributed by atoms with Crippen molar-refractivity contribution < 1.29 is 9.13 Å². The molecule has 1 aromatic carbocycles. The number of rotatable bonds is 6. The van der Waals surface area contributed by atoms with Crippen molar-refractivity contribution in [2.75, 3.05) is 14.2 Å². The highest BCUT2D eigenvalue weighted by Gasteiger charge is 2.22. The second kappa shape index (κ2) is 6.64. The van der Waals surface area contributed by atoms with Gasteiger partial charge in [0, 0.05) is 17.6 Å². The maximum atomic E-state index is 13.8. The first-order valence-corrected chi connectivity index (χ1v) is 6.83. The van der Waals surface area contributed by atoms with Gasteiger partial charge in [-0.25, -0.2) is 4.39 Å². The summed E-state index contributed by atoms with van der Waals surface area (Å²) < 4.78 is 20.0. The maximum absolute atomic E-state index is 13.8. The molecule has 0 saturated carbocycles. The Morgan fingerprint density at radius 2 is 2.11 bits per heavy atom. The molecule has 1 unspecified atom stereocenters. The van der Waals surface area contributed by atoms with Crippen molar-refractivity contribution in [1.29, 1.82) is 0 Å². The SMILES string of the molecule is CNC(Cc1ccc(Br)cc1F)CC(C)(C)OC. The number of halogens is 2. The van der Waals surface area contributed by atoms with Crippen molar-refractivity contribution in [1.82, 2.24) is 5.32 Å². The molecule has 0 bridgehead atoms. The molecule has 1 N–H and O–H groups in total. The summed E-state index contributed by atoms with van der Waals surface area (Å²) in [5.74, 6) is -0.167. The zero-order chi connectivity index (χ0) is 13.8. The molecule has 4 heteroatoms. The van der Waals surface area contributed by atoms with Gasteiger partial charge in [-0.1, -0.05) is 22.0 Å². The van der Waals surface area contributed by atoms with Gasteiger partial charge in [0.2, 0.25) is 0 Å². The molecule has 0 spiro atoms. The molecule has 2 nitrogen and oxygen atoms in total. The van der Waals surface area contributed by atoms with E-state index < -0.39 is 0 Å². The number of methoxy groups -OCH3 is 1. The molecular formula is C14H21BrFNO. The van der Waals surface area contributed by atoms with Gasteiger partial charge < -0.3 is 10.1 Å². The van der Waals surface area contributed by atoms with E-state index in [1.54, 1.807) is 7.11 Å². The van der Waals surface area contributed by atoms with E-state index in [-0.39, 0.29) is 17.5 Å². The number of ether oxygens (including phenoxy) is 1. The lowest BCUT2D eigenvalue weighted by Crippen LogP contribution is -2.37. The van der Waals surface area contributed by atoms with Crippen molar-refractivity contribution in [3.63, 3.8) is 0 Å². The van der Waals surface area contributed by atoms with Crippen molar-refractivity contribution in [2.45, 2.75) is 38.3 Å². The number of likely N-dealkylation sites (N-methyl/N-ethyl adjacent to an activating group) is 1. The minimum absolute atomic E-state index is 0.167. The molecule has 1 rings (SSSR count). The third-order valence-corrected chi connectivity index (χ3v) is 3.67. The van der Waals surface area contributed by atoms with E-state index in [0.717, 1.165) is 16.5 Å². The van der Waals surface area contributed by atoms with Crippen LogP contribution in [0.4, 0.5) is 4.39 Å². The normalized spacial score (nSPS) is 13.7. The van der Waals surface area contributed by atoms with Gasteiger partial charge >= 0.3 is 0 Å². The molecule has 0 radical (unpaired) electrons. The molecule has 0 heterocycles. The third kappa shape index (κ3) is 4.67. The zero-order valence-corrected chi connectivity index (χ0v) is 13.0. The van der Waals surface area contributed by atoms with Crippen molar-refractivity contribution in [2.24, 2.45) is 0 Å². The van der Waals surface area contributed by atoms with E-state index in [2.05, 4.69) is 21.2 Å². The molecule has 18 heavy (non-hydrogen) atoms. The van der Waals surface area contributed by atoms with Crippen LogP contribution in [0.5, 0.6) is 0 Å². The molecule has 0 aliphatic heterocycles. The minimum atomic E-state index is -0.209. The first-order chi connectivity index (χ1) is 8.38. The number of nitrogens with one attached hydrogen (secondary N) is 1. The number of benzene rings is 1. The highest BCUT2D eigenvalue weighted by Crippen LogP contribution is 2.21. The van der Waals surface area contributed by atoms with Gasteiger partial charge in [-0.05, 0) is 51.4 Å². The Morgan fingerprint density at radius 1 is 1.44 bits per heavy atom. The van der Waals surface area contributed by atoms with E-state index in [1.807, 2.05) is 33.0 Å². The largest absolute Gasteiger partial charge is 0.379 e. The lowest BCUT2D eigenvalue weighted by atomic mass is 9.94. The quantitative estimate of drug-likeness (QED) is 0.866. The predicted molar refractivity (Wildman–Crippen MR) is 76.4 cm³/mol. The molecule has 0 amide bonds. The average Bonchev–Trinajstić information content (AvgIpc) is 2.31. The van der Waals surface area contributed by atoms with Gasteiger partial charge in [-0.3, -0.25) is 0 Å². The van der Waals surface area contributed by atoms with Crippen molar-refractivity contribution in [3.8, 4) is 0 Å². The first-order valence-electron chi connectivity index (χ1n) is 6.04. The van der Waals surface area contributed by atoms with Crippen LogP contribution in [0.25, 0.3) is 0 Å². The van der Waals surface area contributed by atoms with Crippen LogP contribution in [0.15, 0.2) is 22.7 Å². The Balaban J connectivity index is 2.74. The van der Waals surface area contributed by atoms with Crippen LogP contribution in [-0.4, -0.2) is 25.8 Å². The zero-order valence-electron chi connectivity index (χ0n) is 11.4. The smallest absolute Gasteiger partial charge is 0.127 e. The summed E-state index contributed by atoms with van der Waals surface area (Å²) in [7, 11) is 3.60. The van der Waals surface area contributed by atoms with Gasteiger partial charge in [0.15, 0.2) is 0 Å². The number of hydrogen-bond donors (Lipinski definition) is 1. The minimum Gasteiger partial charge on any atom is -0.379 e. The first kappa shape index (κ1) is 15.6. The van der Waals surface area contributed by atoms with E-state index in [0.29, 0.717) is 6.42 Å². The molecule has 0 fully saturated rings. The second-order valence-electron chi connectivity index (χ2n) is 5.09. The van der Waals surface area contributed by atoms with Gasteiger partial charge in [-0.2, -0.15) is 0 Å². The summed E-state index contributed by atoms with van der Waals surface area (Å²) in [5.41, 5.74) is 0.518. The summed E-state index contributed by atoms with van der Waals surface area (Å²) in [6, 6.07) is 5.38.